The second-order valence-electron chi connectivity index (χ2n) is 4.73. The van der Waals surface area contributed by atoms with Gasteiger partial charge in [-0.1, -0.05) is 24.3 Å². The maximum atomic E-state index is 5.91. The lowest BCUT2D eigenvalue weighted by atomic mass is 10.1. The van der Waals surface area contributed by atoms with E-state index in [0.717, 1.165) is 34.9 Å². The Labute approximate surface area is 127 Å². The van der Waals surface area contributed by atoms with Gasteiger partial charge in [-0.3, -0.25) is 0 Å². The Balaban J connectivity index is 1.76. The Kier molecular flexibility index (Phi) is 4.68. The predicted molar refractivity (Wildman–Crippen MR) is 81.1 cm³/mol. The Bertz CT molecular complexity index is 567. The van der Waals surface area contributed by atoms with Crippen LogP contribution in [0, 0.1) is 0 Å². The minimum absolute atomic E-state index is 0.220. The smallest absolute Gasteiger partial charge is 0.124 e. The molecule has 1 aromatic heterocycles. The third-order valence-electron chi connectivity index (χ3n) is 3.30. The zero-order valence-corrected chi connectivity index (χ0v) is 12.6. The average molecular weight is 310 g/mol. The summed E-state index contributed by atoms with van der Waals surface area (Å²) < 4.78 is 11.2. The molecule has 1 fully saturated rings. The molecule has 1 unspecified atom stereocenters. The molecule has 0 aliphatic carbocycles. The maximum Gasteiger partial charge on any atom is 0.124 e. The van der Waals surface area contributed by atoms with Crippen molar-refractivity contribution in [2.24, 2.45) is 0 Å². The van der Waals surface area contributed by atoms with E-state index in [1.54, 1.807) is 11.3 Å². The number of nitrogens with zero attached hydrogens (tertiary/aromatic N) is 1. The molecule has 1 aromatic carbocycles. The van der Waals surface area contributed by atoms with E-state index in [2.05, 4.69) is 17.1 Å². The summed E-state index contributed by atoms with van der Waals surface area (Å²) in [4.78, 5) is 4.55. The molecule has 3 rings (SSSR count). The van der Waals surface area contributed by atoms with Gasteiger partial charge in [-0.05, 0) is 12.0 Å². The van der Waals surface area contributed by atoms with Crippen molar-refractivity contribution in [2.75, 3.05) is 13.2 Å². The summed E-state index contributed by atoms with van der Waals surface area (Å²) in [6.07, 6.45) is 1.20. The van der Waals surface area contributed by atoms with E-state index in [9.17, 15) is 0 Å². The second-order valence-corrected chi connectivity index (χ2v) is 5.86. The van der Waals surface area contributed by atoms with Gasteiger partial charge >= 0.3 is 0 Å². The number of benzene rings is 1. The molecule has 5 heteroatoms. The van der Waals surface area contributed by atoms with Gasteiger partial charge in [0.1, 0.15) is 5.01 Å². The van der Waals surface area contributed by atoms with Crippen molar-refractivity contribution in [3.05, 3.63) is 40.9 Å². The predicted octanol–water partition coefficient (Wildman–Crippen LogP) is 3.85. The molecular weight excluding hydrogens is 294 g/mol. The monoisotopic (exact) mass is 309 g/mol. The number of aromatic nitrogens is 1. The fourth-order valence-electron chi connectivity index (χ4n) is 2.20. The number of alkyl halides is 1. The Morgan fingerprint density at radius 3 is 3.05 bits per heavy atom. The van der Waals surface area contributed by atoms with Crippen LogP contribution in [0.1, 0.15) is 17.7 Å². The molecule has 1 aliphatic rings. The van der Waals surface area contributed by atoms with Crippen LogP contribution in [0.4, 0.5) is 0 Å². The van der Waals surface area contributed by atoms with Crippen LogP contribution in [0.2, 0.25) is 0 Å². The molecule has 2 aromatic rings. The summed E-state index contributed by atoms with van der Waals surface area (Å²) in [6, 6.07) is 8.23. The van der Waals surface area contributed by atoms with Gasteiger partial charge in [-0.25, -0.2) is 4.98 Å². The van der Waals surface area contributed by atoms with Gasteiger partial charge < -0.3 is 9.47 Å². The molecule has 0 bridgehead atoms. The lowest BCUT2D eigenvalue weighted by molar-refractivity contribution is 0.0319. The van der Waals surface area contributed by atoms with Crippen molar-refractivity contribution in [3.8, 4) is 10.6 Å². The van der Waals surface area contributed by atoms with E-state index >= 15 is 0 Å². The maximum absolute atomic E-state index is 5.91. The zero-order chi connectivity index (χ0) is 13.8. The molecule has 0 saturated carbocycles. The second kappa shape index (κ2) is 6.68. The van der Waals surface area contributed by atoms with Crippen LogP contribution < -0.4 is 0 Å². The fourth-order valence-corrected chi connectivity index (χ4v) is 3.31. The molecule has 20 heavy (non-hydrogen) atoms. The van der Waals surface area contributed by atoms with Gasteiger partial charge in [0.2, 0.25) is 0 Å². The molecule has 106 valence electrons. The minimum Gasteiger partial charge on any atom is -0.379 e. The van der Waals surface area contributed by atoms with Gasteiger partial charge in [-0.2, -0.15) is 0 Å². The lowest BCUT2D eigenvalue weighted by Crippen LogP contribution is -2.12. The SMILES string of the molecule is ClCc1csc(-c2ccccc2COC2CCOC2)n1. The van der Waals surface area contributed by atoms with Gasteiger partial charge in [0.15, 0.2) is 0 Å². The number of ether oxygens (including phenoxy) is 2. The molecular formula is C15H16ClNO2S. The first-order valence-corrected chi connectivity index (χ1v) is 8.06. The number of hydrogen-bond acceptors (Lipinski definition) is 4. The summed E-state index contributed by atoms with van der Waals surface area (Å²) >= 11 is 7.44. The van der Waals surface area contributed by atoms with Crippen molar-refractivity contribution in [1.82, 2.24) is 4.98 Å². The van der Waals surface area contributed by atoms with E-state index in [0.29, 0.717) is 19.1 Å². The Hall–Kier alpha value is -0.940. The normalized spacial score (nSPS) is 18.6. The topological polar surface area (TPSA) is 31.4 Å². The molecule has 2 heterocycles. The average Bonchev–Trinajstić information content (AvgIpc) is 3.16. The van der Waals surface area contributed by atoms with Crippen LogP contribution in [0.3, 0.4) is 0 Å². The summed E-state index contributed by atoms with van der Waals surface area (Å²) in [5, 5.41) is 3.01. The summed E-state index contributed by atoms with van der Waals surface area (Å²) in [5.74, 6) is 0.453. The number of rotatable bonds is 5. The third kappa shape index (κ3) is 3.20. The molecule has 0 spiro atoms. The highest BCUT2D eigenvalue weighted by Gasteiger charge is 2.17. The molecule has 0 radical (unpaired) electrons. The van der Waals surface area contributed by atoms with Crippen LogP contribution in [-0.2, 0) is 22.0 Å². The number of thiazole rings is 1. The zero-order valence-electron chi connectivity index (χ0n) is 11.0. The van der Waals surface area contributed by atoms with Crippen LogP contribution in [0.25, 0.3) is 10.6 Å². The van der Waals surface area contributed by atoms with Gasteiger partial charge in [0.05, 0.1) is 30.9 Å². The van der Waals surface area contributed by atoms with Crippen LogP contribution >= 0.6 is 22.9 Å². The molecule has 1 aliphatic heterocycles. The van der Waals surface area contributed by atoms with E-state index in [1.807, 2.05) is 17.5 Å². The minimum atomic E-state index is 0.220. The van der Waals surface area contributed by atoms with Gasteiger partial charge in [-0.15, -0.1) is 22.9 Å². The first-order chi connectivity index (χ1) is 9.86. The highest BCUT2D eigenvalue weighted by Crippen LogP contribution is 2.28. The summed E-state index contributed by atoms with van der Waals surface area (Å²) in [6.45, 7) is 2.10. The largest absolute Gasteiger partial charge is 0.379 e. The highest BCUT2D eigenvalue weighted by atomic mass is 35.5. The first kappa shape index (κ1) is 14.0. The molecule has 1 saturated heterocycles. The van der Waals surface area contributed by atoms with E-state index in [4.69, 9.17) is 21.1 Å². The number of halogens is 1. The summed E-state index contributed by atoms with van der Waals surface area (Å²) in [7, 11) is 0. The quantitative estimate of drug-likeness (QED) is 0.786. The number of hydrogen-bond donors (Lipinski definition) is 0. The Morgan fingerprint density at radius 2 is 2.30 bits per heavy atom. The fraction of sp³-hybridized carbons (Fsp3) is 0.400. The van der Waals surface area contributed by atoms with Crippen molar-refractivity contribution in [2.45, 2.75) is 25.0 Å². The van der Waals surface area contributed by atoms with Crippen LogP contribution in [0.15, 0.2) is 29.6 Å². The Morgan fingerprint density at radius 1 is 1.40 bits per heavy atom. The van der Waals surface area contributed by atoms with Crippen LogP contribution in [-0.4, -0.2) is 24.3 Å². The van der Waals surface area contributed by atoms with Crippen molar-refractivity contribution in [3.63, 3.8) is 0 Å². The first-order valence-electron chi connectivity index (χ1n) is 6.65. The van der Waals surface area contributed by atoms with Gasteiger partial charge in [0.25, 0.3) is 0 Å². The van der Waals surface area contributed by atoms with Gasteiger partial charge in [0, 0.05) is 17.6 Å². The molecule has 3 nitrogen and oxygen atoms in total. The highest BCUT2D eigenvalue weighted by molar-refractivity contribution is 7.13. The van der Waals surface area contributed by atoms with Crippen molar-refractivity contribution >= 4 is 22.9 Å². The summed E-state index contributed by atoms with van der Waals surface area (Å²) in [5.41, 5.74) is 3.22. The van der Waals surface area contributed by atoms with Crippen molar-refractivity contribution in [1.29, 1.82) is 0 Å². The molecule has 0 N–H and O–H groups in total. The standard InChI is InChI=1S/C15H16ClNO2S/c16-7-12-10-20-15(17-12)14-4-2-1-3-11(14)8-19-13-5-6-18-9-13/h1-4,10,13H,5-9H2. The van der Waals surface area contributed by atoms with Crippen LogP contribution in [0.5, 0.6) is 0 Å². The lowest BCUT2D eigenvalue weighted by Gasteiger charge is -2.12. The third-order valence-corrected chi connectivity index (χ3v) is 4.50. The van der Waals surface area contributed by atoms with E-state index in [1.165, 1.54) is 0 Å². The van der Waals surface area contributed by atoms with Crippen molar-refractivity contribution < 1.29 is 9.47 Å². The molecule has 0 amide bonds. The van der Waals surface area contributed by atoms with E-state index < -0.39 is 0 Å². The molecule has 1 atom stereocenters. The van der Waals surface area contributed by atoms with E-state index in [-0.39, 0.29) is 6.10 Å².